The lowest BCUT2D eigenvalue weighted by Crippen LogP contribution is -2.40. The first-order valence-electron chi connectivity index (χ1n) is 8.96. The van der Waals surface area contributed by atoms with Gasteiger partial charge in [-0.15, -0.1) is 11.3 Å². The summed E-state index contributed by atoms with van der Waals surface area (Å²) in [6.45, 7) is 1.90. The van der Waals surface area contributed by atoms with E-state index in [1.165, 1.54) is 23.1 Å². The van der Waals surface area contributed by atoms with Gasteiger partial charge in [-0.1, -0.05) is 54.2 Å². The minimum absolute atomic E-state index is 0.0297. The standard InChI is InChI=1S/C21H19N3O2S2/c1-14-11-19(25)22-16-9-5-6-10-18(16)24(14)20(26)13-28-21-23-17(12-27-21)15-7-3-2-4-8-15/h2-10,12,14H,11,13H2,1H3,(H,22,25)/t14-/m0/s1. The van der Waals surface area contributed by atoms with Crippen LogP contribution in [-0.2, 0) is 9.59 Å². The van der Waals surface area contributed by atoms with Crippen LogP contribution >= 0.6 is 23.1 Å². The van der Waals surface area contributed by atoms with Crippen molar-refractivity contribution in [2.24, 2.45) is 0 Å². The third kappa shape index (κ3) is 3.95. The maximum Gasteiger partial charge on any atom is 0.237 e. The fourth-order valence-electron chi connectivity index (χ4n) is 3.23. The van der Waals surface area contributed by atoms with Gasteiger partial charge in [-0.2, -0.15) is 0 Å². The van der Waals surface area contributed by atoms with Crippen LogP contribution in [0.5, 0.6) is 0 Å². The molecule has 3 aromatic rings. The molecular weight excluding hydrogens is 390 g/mol. The van der Waals surface area contributed by atoms with Crippen molar-refractivity contribution in [1.82, 2.24) is 4.98 Å². The molecule has 7 heteroatoms. The summed E-state index contributed by atoms with van der Waals surface area (Å²) in [5.41, 5.74) is 3.41. The highest BCUT2D eigenvalue weighted by Crippen LogP contribution is 2.33. The molecule has 0 saturated carbocycles. The first-order valence-corrected chi connectivity index (χ1v) is 10.8. The van der Waals surface area contributed by atoms with Crippen molar-refractivity contribution in [3.63, 3.8) is 0 Å². The van der Waals surface area contributed by atoms with Gasteiger partial charge in [0.2, 0.25) is 11.8 Å². The minimum atomic E-state index is -0.201. The van der Waals surface area contributed by atoms with Gasteiger partial charge >= 0.3 is 0 Å². The number of amides is 2. The van der Waals surface area contributed by atoms with Crippen LogP contribution in [0.4, 0.5) is 11.4 Å². The number of aromatic nitrogens is 1. The first-order chi connectivity index (χ1) is 13.6. The summed E-state index contributed by atoms with van der Waals surface area (Å²) in [7, 11) is 0. The zero-order valence-electron chi connectivity index (χ0n) is 15.3. The number of rotatable bonds is 4. The molecule has 0 radical (unpaired) electrons. The highest BCUT2D eigenvalue weighted by atomic mass is 32.2. The summed E-state index contributed by atoms with van der Waals surface area (Å²) in [4.78, 5) is 31.5. The Balaban J connectivity index is 1.49. The number of thioether (sulfide) groups is 1. The van der Waals surface area contributed by atoms with Gasteiger partial charge in [0.1, 0.15) is 0 Å². The van der Waals surface area contributed by atoms with E-state index in [9.17, 15) is 9.59 Å². The minimum Gasteiger partial charge on any atom is -0.324 e. The van der Waals surface area contributed by atoms with Crippen molar-refractivity contribution >= 4 is 46.3 Å². The molecule has 0 aliphatic carbocycles. The second-order valence-electron chi connectivity index (χ2n) is 6.54. The number of carbonyl (C=O) groups is 2. The maximum atomic E-state index is 13.0. The van der Waals surface area contributed by atoms with Crippen molar-refractivity contribution in [3.05, 3.63) is 60.0 Å². The molecule has 0 spiro atoms. The molecule has 2 aromatic carbocycles. The zero-order valence-corrected chi connectivity index (χ0v) is 16.9. The van der Waals surface area contributed by atoms with Crippen molar-refractivity contribution in [1.29, 1.82) is 0 Å². The monoisotopic (exact) mass is 409 g/mol. The average molecular weight is 410 g/mol. The van der Waals surface area contributed by atoms with E-state index in [0.29, 0.717) is 5.69 Å². The predicted octanol–water partition coefficient (Wildman–Crippen LogP) is 4.67. The maximum absolute atomic E-state index is 13.0. The lowest BCUT2D eigenvalue weighted by molar-refractivity contribution is -0.117. The van der Waals surface area contributed by atoms with E-state index < -0.39 is 0 Å². The summed E-state index contributed by atoms with van der Waals surface area (Å²) in [6, 6.07) is 17.2. The van der Waals surface area contributed by atoms with E-state index in [1.807, 2.05) is 66.9 Å². The van der Waals surface area contributed by atoms with E-state index in [1.54, 1.807) is 4.90 Å². The topological polar surface area (TPSA) is 62.3 Å². The van der Waals surface area contributed by atoms with Crippen LogP contribution in [0.25, 0.3) is 11.3 Å². The van der Waals surface area contributed by atoms with Gasteiger partial charge in [0.15, 0.2) is 4.34 Å². The zero-order chi connectivity index (χ0) is 19.5. The summed E-state index contributed by atoms with van der Waals surface area (Å²) in [5.74, 6) is 0.169. The van der Waals surface area contributed by atoms with Crippen molar-refractivity contribution in [3.8, 4) is 11.3 Å². The molecule has 0 unspecified atom stereocenters. The van der Waals surface area contributed by atoms with Crippen molar-refractivity contribution in [2.75, 3.05) is 16.0 Å². The van der Waals surface area contributed by atoms with E-state index in [-0.39, 0.29) is 30.0 Å². The second-order valence-corrected chi connectivity index (χ2v) is 8.62. The summed E-state index contributed by atoms with van der Waals surface area (Å²) < 4.78 is 0.858. The number of para-hydroxylation sites is 2. The van der Waals surface area contributed by atoms with Crippen LogP contribution in [0.3, 0.4) is 0 Å². The Morgan fingerprint density at radius 2 is 1.96 bits per heavy atom. The Bertz CT molecular complexity index is 1000. The number of nitrogens with one attached hydrogen (secondary N) is 1. The summed E-state index contributed by atoms with van der Waals surface area (Å²) >= 11 is 2.97. The van der Waals surface area contributed by atoms with Crippen LogP contribution in [-0.4, -0.2) is 28.6 Å². The summed E-state index contributed by atoms with van der Waals surface area (Å²) in [5, 5.41) is 4.89. The molecule has 1 N–H and O–H groups in total. The largest absolute Gasteiger partial charge is 0.324 e. The number of fused-ring (bicyclic) bond motifs is 1. The van der Waals surface area contributed by atoms with Crippen LogP contribution in [0.1, 0.15) is 13.3 Å². The van der Waals surface area contributed by atoms with Gasteiger partial charge in [-0.3, -0.25) is 9.59 Å². The SMILES string of the molecule is C[C@H]1CC(=O)Nc2ccccc2N1C(=O)CSc1nc(-c2ccccc2)cs1. The molecule has 2 amide bonds. The fraction of sp³-hybridized carbons (Fsp3) is 0.190. The number of thiazole rings is 1. The van der Waals surface area contributed by atoms with Crippen LogP contribution in [0, 0.1) is 0 Å². The van der Waals surface area contributed by atoms with Crippen molar-refractivity contribution in [2.45, 2.75) is 23.7 Å². The number of carbonyl (C=O) groups excluding carboxylic acids is 2. The van der Waals surface area contributed by atoms with Crippen LogP contribution in [0.15, 0.2) is 64.3 Å². The van der Waals surface area contributed by atoms with Gasteiger partial charge in [-0.05, 0) is 19.1 Å². The van der Waals surface area contributed by atoms with Gasteiger partial charge in [0, 0.05) is 23.4 Å². The molecule has 5 nitrogen and oxygen atoms in total. The third-order valence-electron chi connectivity index (χ3n) is 4.50. The van der Waals surface area contributed by atoms with E-state index in [4.69, 9.17) is 0 Å². The predicted molar refractivity (Wildman–Crippen MR) is 115 cm³/mol. The number of benzene rings is 2. The molecule has 1 aromatic heterocycles. The first kappa shape index (κ1) is 18.7. The molecule has 1 aliphatic rings. The lowest BCUT2D eigenvalue weighted by atomic mass is 10.2. The van der Waals surface area contributed by atoms with Gasteiger partial charge in [-0.25, -0.2) is 4.98 Å². The number of hydrogen-bond acceptors (Lipinski definition) is 5. The molecule has 0 bridgehead atoms. The Morgan fingerprint density at radius 3 is 2.79 bits per heavy atom. The number of nitrogens with zero attached hydrogens (tertiary/aromatic N) is 2. The highest BCUT2D eigenvalue weighted by molar-refractivity contribution is 8.01. The fourth-order valence-corrected chi connectivity index (χ4v) is 4.92. The number of anilines is 2. The van der Waals surface area contributed by atoms with E-state index >= 15 is 0 Å². The molecule has 1 aliphatic heterocycles. The Hall–Kier alpha value is -2.64. The van der Waals surface area contributed by atoms with Crippen LogP contribution in [0.2, 0.25) is 0 Å². The highest BCUT2D eigenvalue weighted by Gasteiger charge is 2.29. The van der Waals surface area contributed by atoms with Gasteiger partial charge < -0.3 is 10.2 Å². The van der Waals surface area contributed by atoms with Gasteiger partial charge in [0.25, 0.3) is 0 Å². The van der Waals surface area contributed by atoms with Crippen molar-refractivity contribution < 1.29 is 9.59 Å². The molecule has 28 heavy (non-hydrogen) atoms. The molecule has 0 saturated heterocycles. The quantitative estimate of drug-likeness (QED) is 0.636. The van der Waals surface area contributed by atoms with Gasteiger partial charge in [0.05, 0.1) is 22.8 Å². The van der Waals surface area contributed by atoms with Crippen LogP contribution < -0.4 is 10.2 Å². The summed E-state index contributed by atoms with van der Waals surface area (Å²) in [6.07, 6.45) is 0.278. The molecular formula is C21H19N3O2S2. The Morgan fingerprint density at radius 1 is 1.21 bits per heavy atom. The third-order valence-corrected chi connectivity index (χ3v) is 6.51. The Labute approximate surface area is 171 Å². The average Bonchev–Trinajstić information content (AvgIpc) is 3.12. The molecule has 2 heterocycles. The normalized spacial score (nSPS) is 16.2. The second kappa shape index (κ2) is 8.16. The lowest BCUT2D eigenvalue weighted by Gasteiger charge is -2.27. The Kier molecular flexibility index (Phi) is 5.45. The molecule has 1 atom stereocenters. The number of hydrogen-bond donors (Lipinski definition) is 1. The molecule has 142 valence electrons. The molecule has 4 rings (SSSR count). The van der Waals surface area contributed by atoms with E-state index in [0.717, 1.165) is 21.3 Å². The van der Waals surface area contributed by atoms with E-state index in [2.05, 4.69) is 10.3 Å². The molecule has 0 fully saturated rings. The smallest absolute Gasteiger partial charge is 0.237 e.